The molecule has 8 heteroatoms. The standard InChI is InChI=1S/C18H24N4O3S/c1-25-11-8-19-18(24)21-16(23)12-22-9-6-13(7-10-22)17-20-14-4-2-3-5-15(14)26-17/h2-5,13H,6-12H2,1H3,(H2,19,21,23,24). The highest BCUT2D eigenvalue weighted by Gasteiger charge is 2.24. The van der Waals surface area contributed by atoms with E-state index in [1.54, 1.807) is 18.4 Å². The van der Waals surface area contributed by atoms with Gasteiger partial charge in [0.1, 0.15) is 0 Å². The Morgan fingerprint density at radius 1 is 1.31 bits per heavy atom. The number of hydrogen-bond donors (Lipinski definition) is 2. The highest BCUT2D eigenvalue weighted by Crippen LogP contribution is 2.33. The molecule has 2 N–H and O–H groups in total. The number of ether oxygens (including phenoxy) is 1. The van der Waals surface area contributed by atoms with Crippen molar-refractivity contribution in [2.24, 2.45) is 0 Å². The van der Waals surface area contributed by atoms with Crippen LogP contribution in [0, 0.1) is 0 Å². The van der Waals surface area contributed by atoms with Gasteiger partial charge in [-0.2, -0.15) is 0 Å². The molecule has 0 aliphatic carbocycles. The molecule has 140 valence electrons. The predicted molar refractivity (Wildman–Crippen MR) is 101 cm³/mol. The van der Waals surface area contributed by atoms with Crippen molar-refractivity contribution < 1.29 is 14.3 Å². The van der Waals surface area contributed by atoms with Crippen molar-refractivity contribution in [3.8, 4) is 0 Å². The highest BCUT2D eigenvalue weighted by atomic mass is 32.1. The van der Waals surface area contributed by atoms with Crippen LogP contribution in [0.25, 0.3) is 10.2 Å². The third kappa shape index (κ3) is 5.00. The molecule has 0 atom stereocenters. The molecule has 0 saturated carbocycles. The van der Waals surface area contributed by atoms with Crippen LogP contribution in [0.5, 0.6) is 0 Å². The van der Waals surface area contributed by atoms with Crippen molar-refractivity contribution in [1.82, 2.24) is 20.5 Å². The van der Waals surface area contributed by atoms with Gasteiger partial charge in [0.05, 0.1) is 28.4 Å². The summed E-state index contributed by atoms with van der Waals surface area (Å²) in [6, 6.07) is 7.73. The van der Waals surface area contributed by atoms with Crippen LogP contribution in [0.1, 0.15) is 23.8 Å². The van der Waals surface area contributed by atoms with Gasteiger partial charge in [-0.1, -0.05) is 12.1 Å². The first-order valence-electron chi connectivity index (χ1n) is 8.80. The van der Waals surface area contributed by atoms with Gasteiger partial charge in [-0.3, -0.25) is 15.0 Å². The van der Waals surface area contributed by atoms with Crippen LogP contribution in [0.3, 0.4) is 0 Å². The first kappa shape index (κ1) is 18.8. The number of hydrogen-bond acceptors (Lipinski definition) is 6. The fraction of sp³-hybridized carbons (Fsp3) is 0.500. The Morgan fingerprint density at radius 2 is 2.08 bits per heavy atom. The summed E-state index contributed by atoms with van der Waals surface area (Å²) in [4.78, 5) is 30.4. The van der Waals surface area contributed by atoms with Gasteiger partial charge in [0, 0.05) is 19.6 Å². The molecule has 2 heterocycles. The average molecular weight is 376 g/mol. The van der Waals surface area contributed by atoms with Crippen LogP contribution in [0.2, 0.25) is 0 Å². The number of rotatable bonds is 6. The Morgan fingerprint density at radius 3 is 2.81 bits per heavy atom. The molecule has 0 radical (unpaired) electrons. The molecule has 0 unspecified atom stereocenters. The lowest BCUT2D eigenvalue weighted by Crippen LogP contribution is -2.46. The normalized spacial score (nSPS) is 15.9. The van der Waals surface area contributed by atoms with E-state index in [-0.39, 0.29) is 12.5 Å². The SMILES string of the molecule is COCCNC(=O)NC(=O)CN1CCC(c2nc3ccccc3s2)CC1. The molecule has 1 aromatic carbocycles. The lowest BCUT2D eigenvalue weighted by Gasteiger charge is -2.30. The lowest BCUT2D eigenvalue weighted by atomic mass is 9.97. The number of carbonyl (C=O) groups excluding carboxylic acids is 2. The molecule has 1 aliphatic heterocycles. The summed E-state index contributed by atoms with van der Waals surface area (Å²) in [6.45, 7) is 2.70. The molecule has 26 heavy (non-hydrogen) atoms. The number of para-hydroxylation sites is 1. The molecule has 1 fully saturated rings. The number of carbonyl (C=O) groups is 2. The minimum absolute atomic E-state index is 0.240. The van der Waals surface area contributed by atoms with Crippen LogP contribution in [0.4, 0.5) is 4.79 Å². The molecule has 3 amide bonds. The van der Waals surface area contributed by atoms with E-state index in [2.05, 4.69) is 21.6 Å². The van der Waals surface area contributed by atoms with E-state index < -0.39 is 6.03 Å². The van der Waals surface area contributed by atoms with Crippen molar-refractivity contribution in [3.05, 3.63) is 29.3 Å². The Bertz CT molecular complexity index is 723. The smallest absolute Gasteiger partial charge is 0.321 e. The number of likely N-dealkylation sites (tertiary alicyclic amines) is 1. The van der Waals surface area contributed by atoms with Crippen LogP contribution in [-0.2, 0) is 9.53 Å². The summed E-state index contributed by atoms with van der Waals surface area (Å²) < 4.78 is 6.07. The monoisotopic (exact) mass is 376 g/mol. The Labute approximate surface area is 156 Å². The van der Waals surface area contributed by atoms with Crippen LogP contribution >= 0.6 is 11.3 Å². The molecule has 2 aromatic rings. The molecular formula is C18H24N4O3S. The van der Waals surface area contributed by atoms with Crippen molar-refractivity contribution in [2.75, 3.05) is 39.9 Å². The largest absolute Gasteiger partial charge is 0.383 e. The zero-order valence-corrected chi connectivity index (χ0v) is 15.7. The van der Waals surface area contributed by atoms with E-state index in [1.165, 1.54) is 9.71 Å². The summed E-state index contributed by atoms with van der Waals surface area (Å²) in [7, 11) is 1.56. The van der Waals surface area contributed by atoms with Crippen LogP contribution < -0.4 is 10.6 Å². The Hall–Kier alpha value is -2.03. The number of nitrogens with one attached hydrogen (secondary N) is 2. The van der Waals surface area contributed by atoms with Gasteiger partial charge in [0.25, 0.3) is 0 Å². The number of imide groups is 1. The third-order valence-electron chi connectivity index (χ3n) is 4.46. The molecule has 7 nitrogen and oxygen atoms in total. The Kier molecular flexibility index (Phi) is 6.54. The fourth-order valence-corrected chi connectivity index (χ4v) is 4.22. The Balaban J connectivity index is 1.43. The number of urea groups is 1. The number of nitrogens with zero attached hydrogens (tertiary/aromatic N) is 2. The minimum Gasteiger partial charge on any atom is -0.383 e. The number of aromatic nitrogens is 1. The van der Waals surface area contributed by atoms with E-state index in [1.807, 2.05) is 18.2 Å². The van der Waals surface area contributed by atoms with Gasteiger partial charge < -0.3 is 10.1 Å². The van der Waals surface area contributed by atoms with Gasteiger partial charge in [-0.05, 0) is 38.1 Å². The summed E-state index contributed by atoms with van der Waals surface area (Å²) in [6.07, 6.45) is 1.96. The highest BCUT2D eigenvalue weighted by molar-refractivity contribution is 7.18. The second-order valence-electron chi connectivity index (χ2n) is 6.37. The maximum atomic E-state index is 12.0. The summed E-state index contributed by atoms with van der Waals surface area (Å²) >= 11 is 1.76. The first-order chi connectivity index (χ1) is 12.7. The van der Waals surface area contributed by atoms with E-state index in [0.29, 0.717) is 19.1 Å². The molecule has 3 rings (SSSR count). The average Bonchev–Trinajstić information content (AvgIpc) is 3.06. The van der Waals surface area contributed by atoms with Gasteiger partial charge in [0.2, 0.25) is 5.91 Å². The van der Waals surface area contributed by atoms with E-state index >= 15 is 0 Å². The third-order valence-corrected chi connectivity index (χ3v) is 5.66. The summed E-state index contributed by atoms with van der Waals surface area (Å²) in [5.41, 5.74) is 1.06. The summed E-state index contributed by atoms with van der Waals surface area (Å²) in [5, 5.41) is 6.11. The first-order valence-corrected chi connectivity index (χ1v) is 9.62. The van der Waals surface area contributed by atoms with Gasteiger partial charge >= 0.3 is 6.03 Å². The lowest BCUT2D eigenvalue weighted by molar-refractivity contribution is -0.121. The number of amides is 3. The van der Waals surface area contributed by atoms with Crippen LogP contribution in [-0.4, -0.2) is 61.7 Å². The maximum absolute atomic E-state index is 12.0. The zero-order valence-electron chi connectivity index (χ0n) is 14.9. The minimum atomic E-state index is -0.476. The van der Waals surface area contributed by atoms with Crippen molar-refractivity contribution >= 4 is 33.5 Å². The number of piperidine rings is 1. The number of thiazole rings is 1. The molecule has 1 aromatic heterocycles. The molecule has 1 saturated heterocycles. The number of fused-ring (bicyclic) bond motifs is 1. The van der Waals surface area contributed by atoms with Gasteiger partial charge in [-0.25, -0.2) is 9.78 Å². The van der Waals surface area contributed by atoms with Crippen molar-refractivity contribution in [3.63, 3.8) is 0 Å². The second kappa shape index (κ2) is 9.07. The van der Waals surface area contributed by atoms with Gasteiger partial charge in [-0.15, -0.1) is 11.3 Å². The van der Waals surface area contributed by atoms with Gasteiger partial charge in [0.15, 0.2) is 0 Å². The van der Waals surface area contributed by atoms with Crippen molar-refractivity contribution in [1.29, 1.82) is 0 Å². The topological polar surface area (TPSA) is 83.6 Å². The molecule has 0 bridgehead atoms. The number of methoxy groups -OCH3 is 1. The maximum Gasteiger partial charge on any atom is 0.321 e. The zero-order chi connectivity index (χ0) is 18.4. The van der Waals surface area contributed by atoms with E-state index in [9.17, 15) is 9.59 Å². The quantitative estimate of drug-likeness (QED) is 0.753. The summed E-state index contributed by atoms with van der Waals surface area (Å²) in [5.74, 6) is 0.169. The molecule has 1 aliphatic rings. The fourth-order valence-electron chi connectivity index (χ4n) is 3.08. The van der Waals surface area contributed by atoms with E-state index in [0.717, 1.165) is 31.4 Å². The molecular weight excluding hydrogens is 352 g/mol. The number of benzene rings is 1. The molecule has 0 spiro atoms. The van der Waals surface area contributed by atoms with E-state index in [4.69, 9.17) is 9.72 Å². The predicted octanol–water partition coefficient (Wildman–Crippen LogP) is 1.95. The van der Waals surface area contributed by atoms with Crippen LogP contribution in [0.15, 0.2) is 24.3 Å². The van der Waals surface area contributed by atoms with Crippen molar-refractivity contribution in [2.45, 2.75) is 18.8 Å². The second-order valence-corrected chi connectivity index (χ2v) is 7.43.